The number of carboxylic acids is 1. The molecule has 1 aliphatic heterocycles. The summed E-state index contributed by atoms with van der Waals surface area (Å²) in [6.45, 7) is 3.80. The van der Waals surface area contributed by atoms with E-state index in [0.29, 0.717) is 11.1 Å². The van der Waals surface area contributed by atoms with Crippen LogP contribution in [0.2, 0.25) is 0 Å². The van der Waals surface area contributed by atoms with Crippen molar-refractivity contribution in [2.75, 3.05) is 6.54 Å². The molecule has 1 heterocycles. The Labute approximate surface area is 173 Å². The maximum atomic E-state index is 12.6. The Kier molecular flexibility index (Phi) is 5.99. The molecule has 7 heteroatoms. The van der Waals surface area contributed by atoms with Crippen molar-refractivity contribution in [2.24, 2.45) is 0 Å². The molecule has 0 aliphatic carbocycles. The quantitative estimate of drug-likeness (QED) is 0.333. The van der Waals surface area contributed by atoms with E-state index in [4.69, 9.17) is 17.3 Å². The van der Waals surface area contributed by atoms with Crippen molar-refractivity contribution in [3.05, 3.63) is 77.9 Å². The number of amides is 2. The molecule has 0 unspecified atom stereocenters. The van der Waals surface area contributed by atoms with Gasteiger partial charge in [0, 0.05) is 6.54 Å². The fourth-order valence-electron chi connectivity index (χ4n) is 3.03. The van der Waals surface area contributed by atoms with Gasteiger partial charge in [-0.25, -0.2) is 0 Å². The van der Waals surface area contributed by atoms with Crippen LogP contribution in [0.15, 0.2) is 66.8 Å². The van der Waals surface area contributed by atoms with Gasteiger partial charge in [0.15, 0.2) is 5.11 Å². The van der Waals surface area contributed by atoms with Crippen LogP contribution in [0.25, 0.3) is 17.2 Å². The predicted octanol–water partition coefficient (Wildman–Crippen LogP) is 2.79. The summed E-state index contributed by atoms with van der Waals surface area (Å²) in [5.41, 5.74) is 3.02. The number of hydrogen-bond acceptors (Lipinski definition) is 4. The second-order valence-corrected chi connectivity index (χ2v) is 6.76. The summed E-state index contributed by atoms with van der Waals surface area (Å²) in [5.74, 6) is -1.92. The van der Waals surface area contributed by atoms with Crippen LogP contribution >= 0.6 is 12.2 Å². The highest BCUT2D eigenvalue weighted by atomic mass is 32.1. The van der Waals surface area contributed by atoms with E-state index in [1.54, 1.807) is 24.3 Å². The van der Waals surface area contributed by atoms with Gasteiger partial charge in [0.1, 0.15) is 5.57 Å². The van der Waals surface area contributed by atoms with Crippen molar-refractivity contribution in [3.63, 3.8) is 0 Å². The molecule has 0 bridgehead atoms. The maximum Gasteiger partial charge on any atom is 0.307 e. The zero-order valence-corrected chi connectivity index (χ0v) is 16.2. The maximum absolute atomic E-state index is 12.6. The Bertz CT molecular complexity index is 1040. The monoisotopic (exact) mass is 406 g/mol. The standard InChI is InChI=1S/C22H18N2O4S/c1-2-11-24-21(28)18(20(27)23-22(24)29)12-14-7-9-15(10-8-14)17-6-4-3-5-16(17)13-19(25)26/h2-10,12H,1,11,13H2,(H,25,26)(H,23,27,29). The zero-order valence-electron chi connectivity index (χ0n) is 15.4. The molecule has 6 nitrogen and oxygen atoms in total. The number of thiocarbonyl (C=S) groups is 1. The van der Waals surface area contributed by atoms with E-state index >= 15 is 0 Å². The fraction of sp³-hybridized carbons (Fsp3) is 0.0909. The lowest BCUT2D eigenvalue weighted by atomic mass is 9.96. The first-order valence-electron chi connectivity index (χ1n) is 8.80. The van der Waals surface area contributed by atoms with E-state index in [-0.39, 0.29) is 23.7 Å². The Morgan fingerprint density at radius 1 is 1.14 bits per heavy atom. The summed E-state index contributed by atoms with van der Waals surface area (Å²) in [4.78, 5) is 37.2. The summed E-state index contributed by atoms with van der Waals surface area (Å²) < 4.78 is 0. The fourth-order valence-corrected chi connectivity index (χ4v) is 3.28. The summed E-state index contributed by atoms with van der Waals surface area (Å²) in [6.07, 6.45) is 2.96. The normalized spacial score (nSPS) is 15.4. The van der Waals surface area contributed by atoms with Gasteiger partial charge >= 0.3 is 5.97 Å². The Morgan fingerprint density at radius 2 is 1.83 bits per heavy atom. The van der Waals surface area contributed by atoms with Crippen LogP contribution in [0, 0.1) is 0 Å². The van der Waals surface area contributed by atoms with E-state index in [0.717, 1.165) is 11.1 Å². The number of aliphatic carboxylic acids is 1. The molecule has 146 valence electrons. The first-order valence-corrected chi connectivity index (χ1v) is 9.21. The first-order chi connectivity index (χ1) is 13.9. The van der Waals surface area contributed by atoms with E-state index in [2.05, 4.69) is 11.9 Å². The molecule has 2 amide bonds. The average Bonchev–Trinajstić information content (AvgIpc) is 2.69. The molecule has 2 aromatic rings. The largest absolute Gasteiger partial charge is 0.481 e. The molecule has 29 heavy (non-hydrogen) atoms. The molecule has 1 aliphatic rings. The SMILES string of the molecule is C=CCN1C(=O)C(=Cc2ccc(-c3ccccc3CC(=O)O)cc2)C(=O)NC1=S. The van der Waals surface area contributed by atoms with Gasteiger partial charge in [-0.1, -0.05) is 54.6 Å². The summed E-state index contributed by atoms with van der Waals surface area (Å²) in [5, 5.41) is 11.7. The number of nitrogens with one attached hydrogen (secondary N) is 1. The molecule has 0 aromatic heterocycles. The lowest BCUT2D eigenvalue weighted by molar-refractivity contribution is -0.136. The zero-order chi connectivity index (χ0) is 21.0. The molecule has 1 fully saturated rings. The third kappa shape index (κ3) is 4.47. The van der Waals surface area contributed by atoms with Gasteiger partial charge in [-0.15, -0.1) is 6.58 Å². The number of benzene rings is 2. The lowest BCUT2D eigenvalue weighted by Gasteiger charge is -2.27. The number of rotatable bonds is 6. The molecule has 2 N–H and O–H groups in total. The van der Waals surface area contributed by atoms with E-state index < -0.39 is 17.8 Å². The molecule has 0 radical (unpaired) electrons. The van der Waals surface area contributed by atoms with Crippen LogP contribution in [0.5, 0.6) is 0 Å². The Hall–Kier alpha value is -3.58. The molecular weight excluding hydrogens is 388 g/mol. The van der Waals surface area contributed by atoms with Crippen molar-refractivity contribution >= 4 is 41.2 Å². The van der Waals surface area contributed by atoms with E-state index in [9.17, 15) is 14.4 Å². The third-order valence-corrected chi connectivity index (χ3v) is 4.71. The number of nitrogens with zero attached hydrogens (tertiary/aromatic N) is 1. The number of carboxylic acid groups (broad SMARTS) is 1. The van der Waals surface area contributed by atoms with E-state index in [1.165, 1.54) is 17.1 Å². The van der Waals surface area contributed by atoms with Gasteiger partial charge in [0.05, 0.1) is 6.42 Å². The van der Waals surface area contributed by atoms with Gasteiger partial charge in [-0.05, 0) is 40.5 Å². The molecule has 2 aromatic carbocycles. The van der Waals surface area contributed by atoms with Crippen LogP contribution in [0.4, 0.5) is 0 Å². The van der Waals surface area contributed by atoms with Gasteiger partial charge in [0.25, 0.3) is 11.8 Å². The van der Waals surface area contributed by atoms with Crippen molar-refractivity contribution < 1.29 is 19.5 Å². The first kappa shape index (κ1) is 20.2. The lowest BCUT2D eigenvalue weighted by Crippen LogP contribution is -2.53. The molecule has 1 saturated heterocycles. The van der Waals surface area contributed by atoms with Gasteiger partial charge < -0.3 is 5.11 Å². The third-order valence-electron chi connectivity index (χ3n) is 4.39. The molecule has 0 spiro atoms. The average molecular weight is 406 g/mol. The highest BCUT2D eigenvalue weighted by Crippen LogP contribution is 2.25. The van der Waals surface area contributed by atoms with Crippen molar-refractivity contribution in [2.45, 2.75) is 6.42 Å². The minimum absolute atomic E-state index is 0.0144. The van der Waals surface area contributed by atoms with Crippen LogP contribution in [0.3, 0.4) is 0 Å². The van der Waals surface area contributed by atoms with Crippen LogP contribution in [-0.2, 0) is 20.8 Å². The Morgan fingerprint density at radius 3 is 2.48 bits per heavy atom. The molecule has 3 rings (SSSR count). The molecule has 0 saturated carbocycles. The summed E-state index contributed by atoms with van der Waals surface area (Å²) in [6, 6.07) is 14.5. The second kappa shape index (κ2) is 8.62. The predicted molar refractivity (Wildman–Crippen MR) is 114 cm³/mol. The summed E-state index contributed by atoms with van der Waals surface area (Å²) >= 11 is 5.03. The van der Waals surface area contributed by atoms with Crippen molar-refractivity contribution in [3.8, 4) is 11.1 Å². The van der Waals surface area contributed by atoms with Gasteiger partial charge in [0.2, 0.25) is 0 Å². The number of carbonyl (C=O) groups excluding carboxylic acids is 2. The van der Waals surface area contributed by atoms with Crippen LogP contribution < -0.4 is 5.32 Å². The number of hydrogen-bond donors (Lipinski definition) is 2. The van der Waals surface area contributed by atoms with Gasteiger partial charge in [-0.2, -0.15) is 0 Å². The second-order valence-electron chi connectivity index (χ2n) is 6.37. The number of carbonyl (C=O) groups is 3. The highest BCUT2D eigenvalue weighted by molar-refractivity contribution is 7.80. The van der Waals surface area contributed by atoms with Crippen molar-refractivity contribution in [1.82, 2.24) is 10.2 Å². The van der Waals surface area contributed by atoms with E-state index in [1.807, 2.05) is 24.3 Å². The molecular formula is C22H18N2O4S. The van der Waals surface area contributed by atoms with Crippen molar-refractivity contribution in [1.29, 1.82) is 0 Å². The van der Waals surface area contributed by atoms with Gasteiger partial charge in [-0.3, -0.25) is 24.6 Å². The smallest absolute Gasteiger partial charge is 0.307 e. The van der Waals surface area contributed by atoms with Crippen LogP contribution in [0.1, 0.15) is 11.1 Å². The summed E-state index contributed by atoms with van der Waals surface area (Å²) in [7, 11) is 0. The minimum atomic E-state index is -0.900. The topological polar surface area (TPSA) is 86.7 Å². The molecule has 0 atom stereocenters. The minimum Gasteiger partial charge on any atom is -0.481 e. The Balaban J connectivity index is 1.90. The van der Waals surface area contributed by atoms with Crippen LogP contribution in [-0.4, -0.2) is 39.4 Å². The highest BCUT2D eigenvalue weighted by Gasteiger charge is 2.32.